The van der Waals surface area contributed by atoms with Crippen LogP contribution in [0.4, 0.5) is 4.39 Å². The van der Waals surface area contributed by atoms with E-state index < -0.39 is 5.82 Å². The van der Waals surface area contributed by atoms with Crippen molar-refractivity contribution >= 4 is 45.0 Å². The molecule has 0 aliphatic heterocycles. The molecule has 2 aromatic rings. The Balaban J connectivity index is 2.24. The van der Waals surface area contributed by atoms with Gasteiger partial charge in [0.2, 0.25) is 0 Å². The van der Waals surface area contributed by atoms with Crippen LogP contribution in [0.3, 0.4) is 0 Å². The van der Waals surface area contributed by atoms with Crippen molar-refractivity contribution in [3.05, 3.63) is 67.9 Å². The van der Waals surface area contributed by atoms with Crippen LogP contribution in [0.2, 0.25) is 10.0 Å². The summed E-state index contributed by atoms with van der Waals surface area (Å²) in [5, 5.41) is 0.743. The topological polar surface area (TPSA) is 20.3 Å². The molecule has 2 rings (SSSR count). The molecule has 0 aromatic heterocycles. The Labute approximate surface area is 140 Å². The second kappa shape index (κ2) is 6.77. The SMILES string of the molecule is CN(Cc1c(F)cccc1Cl)C(=O)c1cc(Cl)cc(Br)c1. The first-order valence-electron chi connectivity index (χ1n) is 6.03. The average Bonchev–Trinajstić information content (AvgIpc) is 2.41. The second-order valence-electron chi connectivity index (χ2n) is 4.52. The van der Waals surface area contributed by atoms with Gasteiger partial charge in [-0.2, -0.15) is 0 Å². The molecule has 0 atom stereocenters. The molecule has 110 valence electrons. The number of carbonyl (C=O) groups is 1. The van der Waals surface area contributed by atoms with E-state index in [0.29, 0.717) is 20.1 Å². The highest BCUT2D eigenvalue weighted by atomic mass is 79.9. The van der Waals surface area contributed by atoms with E-state index in [0.717, 1.165) is 0 Å². The van der Waals surface area contributed by atoms with Gasteiger partial charge in [-0.25, -0.2) is 4.39 Å². The highest BCUT2D eigenvalue weighted by Crippen LogP contribution is 2.23. The fraction of sp³-hybridized carbons (Fsp3) is 0.133. The van der Waals surface area contributed by atoms with Crippen molar-refractivity contribution in [2.75, 3.05) is 7.05 Å². The van der Waals surface area contributed by atoms with Gasteiger partial charge in [-0.15, -0.1) is 0 Å². The number of hydrogen-bond donors (Lipinski definition) is 0. The summed E-state index contributed by atoms with van der Waals surface area (Å²) in [6.07, 6.45) is 0. The quantitative estimate of drug-likeness (QED) is 0.708. The zero-order valence-electron chi connectivity index (χ0n) is 11.0. The van der Waals surface area contributed by atoms with Crippen LogP contribution in [0.25, 0.3) is 0 Å². The molecule has 0 N–H and O–H groups in total. The molecule has 0 heterocycles. The highest BCUT2D eigenvalue weighted by Gasteiger charge is 2.16. The molecule has 0 radical (unpaired) electrons. The summed E-state index contributed by atoms with van der Waals surface area (Å²) in [4.78, 5) is 13.7. The summed E-state index contributed by atoms with van der Waals surface area (Å²) in [7, 11) is 1.58. The fourth-order valence-electron chi connectivity index (χ4n) is 1.89. The summed E-state index contributed by atoms with van der Waals surface area (Å²) in [6, 6.07) is 9.34. The number of carbonyl (C=O) groups excluding carboxylic acids is 1. The molecule has 2 aromatic carbocycles. The minimum Gasteiger partial charge on any atom is -0.337 e. The Hall–Kier alpha value is -1.10. The van der Waals surface area contributed by atoms with Crippen LogP contribution < -0.4 is 0 Å². The van der Waals surface area contributed by atoms with Gasteiger partial charge in [0.25, 0.3) is 5.91 Å². The second-order valence-corrected chi connectivity index (χ2v) is 6.28. The highest BCUT2D eigenvalue weighted by molar-refractivity contribution is 9.10. The van der Waals surface area contributed by atoms with Crippen molar-refractivity contribution in [2.24, 2.45) is 0 Å². The molecule has 21 heavy (non-hydrogen) atoms. The van der Waals surface area contributed by atoms with E-state index in [9.17, 15) is 9.18 Å². The normalized spacial score (nSPS) is 10.5. The van der Waals surface area contributed by atoms with Crippen molar-refractivity contribution < 1.29 is 9.18 Å². The molecule has 0 aliphatic carbocycles. The lowest BCUT2D eigenvalue weighted by Crippen LogP contribution is -2.26. The van der Waals surface area contributed by atoms with Gasteiger partial charge in [-0.3, -0.25) is 4.79 Å². The summed E-state index contributed by atoms with van der Waals surface area (Å²) in [5.41, 5.74) is 0.709. The van der Waals surface area contributed by atoms with Crippen LogP contribution in [0.5, 0.6) is 0 Å². The summed E-state index contributed by atoms with van der Waals surface area (Å²) in [6.45, 7) is 0.0778. The van der Waals surface area contributed by atoms with Gasteiger partial charge >= 0.3 is 0 Å². The van der Waals surface area contributed by atoms with Gasteiger partial charge in [-0.1, -0.05) is 45.2 Å². The average molecular weight is 391 g/mol. The van der Waals surface area contributed by atoms with Crippen molar-refractivity contribution in [1.29, 1.82) is 0 Å². The van der Waals surface area contributed by atoms with E-state index in [1.54, 1.807) is 31.3 Å². The smallest absolute Gasteiger partial charge is 0.253 e. The molecule has 0 fully saturated rings. The Kier molecular flexibility index (Phi) is 5.25. The Morgan fingerprint density at radius 2 is 2.00 bits per heavy atom. The number of amides is 1. The van der Waals surface area contributed by atoms with Crippen LogP contribution in [-0.2, 0) is 6.54 Å². The van der Waals surface area contributed by atoms with Crippen molar-refractivity contribution in [3.8, 4) is 0 Å². The number of halogens is 4. The Morgan fingerprint density at radius 3 is 2.62 bits per heavy atom. The van der Waals surface area contributed by atoms with E-state index >= 15 is 0 Å². The number of nitrogens with zero attached hydrogens (tertiary/aromatic N) is 1. The van der Waals surface area contributed by atoms with Crippen molar-refractivity contribution in [1.82, 2.24) is 4.90 Å². The van der Waals surface area contributed by atoms with Crippen LogP contribution in [0, 0.1) is 5.82 Å². The maximum absolute atomic E-state index is 13.8. The molecule has 0 bridgehead atoms. The molecule has 1 amide bonds. The third-order valence-electron chi connectivity index (χ3n) is 2.91. The molecule has 0 aliphatic rings. The predicted molar refractivity (Wildman–Crippen MR) is 86.4 cm³/mol. The van der Waals surface area contributed by atoms with Crippen molar-refractivity contribution in [3.63, 3.8) is 0 Å². The first-order valence-corrected chi connectivity index (χ1v) is 7.58. The third-order valence-corrected chi connectivity index (χ3v) is 3.94. The van der Waals surface area contributed by atoms with E-state index in [1.807, 2.05) is 0 Å². The van der Waals surface area contributed by atoms with Gasteiger partial charge < -0.3 is 4.90 Å². The summed E-state index contributed by atoms with van der Waals surface area (Å²) >= 11 is 15.2. The lowest BCUT2D eigenvalue weighted by Gasteiger charge is -2.19. The van der Waals surface area contributed by atoms with E-state index in [-0.39, 0.29) is 18.0 Å². The summed E-state index contributed by atoms with van der Waals surface area (Å²) < 4.78 is 14.5. The summed E-state index contributed by atoms with van der Waals surface area (Å²) in [5.74, 6) is -0.702. The molecule has 6 heteroatoms. The molecule has 0 spiro atoms. The number of benzene rings is 2. The van der Waals surface area contributed by atoms with Gasteiger partial charge in [0.15, 0.2) is 0 Å². The van der Waals surface area contributed by atoms with Gasteiger partial charge in [0.05, 0.1) is 0 Å². The first kappa shape index (κ1) is 16.3. The van der Waals surface area contributed by atoms with Gasteiger partial charge in [-0.05, 0) is 30.3 Å². The third kappa shape index (κ3) is 3.96. The molecular weight excluding hydrogens is 380 g/mol. The van der Waals surface area contributed by atoms with Crippen molar-refractivity contribution in [2.45, 2.75) is 6.54 Å². The first-order chi connectivity index (χ1) is 9.88. The van der Waals surface area contributed by atoms with Crippen LogP contribution >= 0.6 is 39.1 Å². The van der Waals surface area contributed by atoms with E-state index in [4.69, 9.17) is 23.2 Å². The zero-order chi connectivity index (χ0) is 15.6. The lowest BCUT2D eigenvalue weighted by molar-refractivity contribution is 0.0784. The number of hydrogen-bond acceptors (Lipinski definition) is 1. The molecule has 0 saturated heterocycles. The largest absolute Gasteiger partial charge is 0.337 e. The number of rotatable bonds is 3. The zero-order valence-corrected chi connectivity index (χ0v) is 14.1. The monoisotopic (exact) mass is 389 g/mol. The minimum atomic E-state index is -0.436. The lowest BCUT2D eigenvalue weighted by atomic mass is 10.1. The maximum Gasteiger partial charge on any atom is 0.253 e. The molecule has 0 saturated carbocycles. The maximum atomic E-state index is 13.8. The van der Waals surface area contributed by atoms with E-state index in [1.165, 1.54) is 17.0 Å². The Bertz CT molecular complexity index is 653. The van der Waals surface area contributed by atoms with Crippen LogP contribution in [0.1, 0.15) is 15.9 Å². The van der Waals surface area contributed by atoms with Crippen LogP contribution in [0.15, 0.2) is 40.9 Å². The van der Waals surface area contributed by atoms with Crippen LogP contribution in [-0.4, -0.2) is 17.9 Å². The Morgan fingerprint density at radius 1 is 1.29 bits per heavy atom. The predicted octanol–water partition coefficient (Wildman–Crippen LogP) is 5.17. The van der Waals surface area contributed by atoms with E-state index in [2.05, 4.69) is 15.9 Å². The molecule has 2 nitrogen and oxygen atoms in total. The van der Waals surface area contributed by atoms with Gasteiger partial charge in [0.1, 0.15) is 5.82 Å². The molecule has 0 unspecified atom stereocenters. The minimum absolute atomic E-state index is 0.0778. The molecular formula is C15H11BrCl2FNO. The van der Waals surface area contributed by atoms with Gasteiger partial charge in [0, 0.05) is 39.2 Å². The standard InChI is InChI=1S/C15H11BrCl2FNO/c1-20(8-12-13(18)3-2-4-14(12)19)15(21)9-5-10(16)7-11(17)6-9/h2-7H,8H2,1H3. The fourth-order valence-corrected chi connectivity index (χ4v) is 2.97.